The molecule has 0 bridgehead atoms. The van der Waals surface area contributed by atoms with Crippen molar-refractivity contribution in [3.8, 4) is 0 Å². The number of nitrogens with zero attached hydrogens (tertiary/aromatic N) is 1. The van der Waals surface area contributed by atoms with Crippen LogP contribution in [0.3, 0.4) is 0 Å². The Labute approximate surface area is 117 Å². The molecular formula is C16H28N2O. The normalized spacial score (nSPS) is 30.1. The third-order valence-electron chi connectivity index (χ3n) is 5.60. The summed E-state index contributed by atoms with van der Waals surface area (Å²) in [5.41, 5.74) is 0. The van der Waals surface area contributed by atoms with Gasteiger partial charge in [-0.15, -0.1) is 0 Å². The predicted molar refractivity (Wildman–Crippen MR) is 76.9 cm³/mol. The zero-order valence-electron chi connectivity index (χ0n) is 12.1. The van der Waals surface area contributed by atoms with E-state index < -0.39 is 0 Å². The van der Waals surface area contributed by atoms with E-state index in [1.54, 1.807) is 0 Å². The van der Waals surface area contributed by atoms with Crippen LogP contribution in [0, 0.1) is 17.8 Å². The Hall–Kier alpha value is -0.570. The van der Waals surface area contributed by atoms with Crippen molar-refractivity contribution in [1.29, 1.82) is 0 Å². The molecule has 2 aliphatic heterocycles. The van der Waals surface area contributed by atoms with Gasteiger partial charge in [0, 0.05) is 19.5 Å². The summed E-state index contributed by atoms with van der Waals surface area (Å²) >= 11 is 0. The van der Waals surface area contributed by atoms with E-state index in [-0.39, 0.29) is 0 Å². The largest absolute Gasteiger partial charge is 0.343 e. The minimum atomic E-state index is 0.440. The first kappa shape index (κ1) is 13.4. The molecule has 2 saturated heterocycles. The average Bonchev–Trinajstić information content (AvgIpc) is 3.12. The lowest BCUT2D eigenvalue weighted by atomic mass is 9.83. The molecule has 3 aliphatic rings. The Morgan fingerprint density at radius 2 is 1.74 bits per heavy atom. The van der Waals surface area contributed by atoms with Crippen LogP contribution < -0.4 is 5.32 Å². The average molecular weight is 264 g/mol. The Kier molecular flexibility index (Phi) is 4.42. The first-order valence-corrected chi connectivity index (χ1v) is 8.31. The summed E-state index contributed by atoms with van der Waals surface area (Å²) in [5, 5.41) is 3.47. The minimum absolute atomic E-state index is 0.440. The second-order valence-corrected chi connectivity index (χ2v) is 6.83. The number of hydrogen-bond donors (Lipinski definition) is 1. The SMILES string of the molecule is O=C(CC1CCCC1)N1CCC(C2CCNC2)CC1. The van der Waals surface area contributed by atoms with Crippen LogP contribution in [-0.4, -0.2) is 37.0 Å². The molecule has 0 aromatic rings. The monoisotopic (exact) mass is 264 g/mol. The van der Waals surface area contributed by atoms with Crippen LogP contribution in [0.25, 0.3) is 0 Å². The molecule has 1 amide bonds. The Morgan fingerprint density at radius 3 is 2.37 bits per heavy atom. The fourth-order valence-electron chi connectivity index (χ4n) is 4.29. The van der Waals surface area contributed by atoms with E-state index in [1.807, 2.05) is 0 Å². The molecule has 1 aliphatic carbocycles. The first-order chi connectivity index (χ1) is 9.33. The van der Waals surface area contributed by atoms with Gasteiger partial charge in [-0.05, 0) is 62.9 Å². The summed E-state index contributed by atoms with van der Waals surface area (Å²) in [4.78, 5) is 14.4. The molecule has 2 heterocycles. The van der Waals surface area contributed by atoms with Crippen LogP contribution in [0.1, 0.15) is 51.4 Å². The fraction of sp³-hybridized carbons (Fsp3) is 0.938. The van der Waals surface area contributed by atoms with Gasteiger partial charge in [0.15, 0.2) is 0 Å². The molecule has 1 unspecified atom stereocenters. The molecule has 3 rings (SSSR count). The molecule has 0 radical (unpaired) electrons. The van der Waals surface area contributed by atoms with Gasteiger partial charge in [-0.25, -0.2) is 0 Å². The van der Waals surface area contributed by atoms with Crippen molar-refractivity contribution in [2.24, 2.45) is 17.8 Å². The molecule has 3 nitrogen and oxygen atoms in total. The van der Waals surface area contributed by atoms with Crippen LogP contribution in [0.4, 0.5) is 0 Å². The van der Waals surface area contributed by atoms with Crippen molar-refractivity contribution < 1.29 is 4.79 Å². The third kappa shape index (κ3) is 3.31. The molecule has 108 valence electrons. The highest BCUT2D eigenvalue weighted by atomic mass is 16.2. The standard InChI is InChI=1S/C16H28N2O/c19-16(11-13-3-1-2-4-13)18-9-6-14(7-10-18)15-5-8-17-12-15/h13-15,17H,1-12H2. The molecule has 3 fully saturated rings. The summed E-state index contributed by atoms with van der Waals surface area (Å²) in [7, 11) is 0. The lowest BCUT2D eigenvalue weighted by molar-refractivity contribution is -0.133. The van der Waals surface area contributed by atoms with Crippen molar-refractivity contribution >= 4 is 5.91 Å². The molecule has 1 N–H and O–H groups in total. The van der Waals surface area contributed by atoms with Crippen LogP contribution in [-0.2, 0) is 4.79 Å². The highest BCUT2D eigenvalue weighted by Gasteiger charge is 2.30. The van der Waals surface area contributed by atoms with Gasteiger partial charge in [0.25, 0.3) is 0 Å². The lowest BCUT2D eigenvalue weighted by Crippen LogP contribution is -2.40. The summed E-state index contributed by atoms with van der Waals surface area (Å²) < 4.78 is 0. The van der Waals surface area contributed by atoms with Crippen LogP contribution in [0.2, 0.25) is 0 Å². The van der Waals surface area contributed by atoms with Gasteiger partial charge in [-0.2, -0.15) is 0 Å². The van der Waals surface area contributed by atoms with Gasteiger partial charge < -0.3 is 10.2 Å². The van der Waals surface area contributed by atoms with E-state index in [4.69, 9.17) is 0 Å². The molecule has 1 atom stereocenters. The van der Waals surface area contributed by atoms with Crippen LogP contribution in [0.5, 0.6) is 0 Å². The van der Waals surface area contributed by atoms with Crippen molar-refractivity contribution in [2.45, 2.75) is 51.4 Å². The maximum atomic E-state index is 12.3. The molecule has 1 saturated carbocycles. The molecule has 3 heteroatoms. The summed E-state index contributed by atoms with van der Waals surface area (Å²) in [6.45, 7) is 4.45. The highest BCUT2D eigenvalue weighted by molar-refractivity contribution is 5.76. The number of amides is 1. The van der Waals surface area contributed by atoms with E-state index in [2.05, 4.69) is 10.2 Å². The van der Waals surface area contributed by atoms with Crippen molar-refractivity contribution in [3.63, 3.8) is 0 Å². The molecule has 0 aromatic heterocycles. The van der Waals surface area contributed by atoms with Gasteiger partial charge in [-0.1, -0.05) is 12.8 Å². The second-order valence-electron chi connectivity index (χ2n) is 6.83. The maximum absolute atomic E-state index is 12.3. The Bertz CT molecular complexity index is 298. The fourth-order valence-corrected chi connectivity index (χ4v) is 4.29. The number of nitrogens with one attached hydrogen (secondary N) is 1. The van der Waals surface area contributed by atoms with Crippen molar-refractivity contribution in [1.82, 2.24) is 10.2 Å². The Morgan fingerprint density at radius 1 is 1.00 bits per heavy atom. The zero-order chi connectivity index (χ0) is 13.1. The number of likely N-dealkylation sites (tertiary alicyclic amines) is 1. The molecular weight excluding hydrogens is 236 g/mol. The summed E-state index contributed by atoms with van der Waals surface area (Å²) in [6.07, 6.45) is 9.91. The smallest absolute Gasteiger partial charge is 0.222 e. The first-order valence-electron chi connectivity index (χ1n) is 8.31. The van der Waals surface area contributed by atoms with Gasteiger partial charge in [-0.3, -0.25) is 4.79 Å². The van der Waals surface area contributed by atoms with Crippen LogP contribution in [0.15, 0.2) is 0 Å². The molecule has 19 heavy (non-hydrogen) atoms. The van der Waals surface area contributed by atoms with Crippen molar-refractivity contribution in [3.05, 3.63) is 0 Å². The van der Waals surface area contributed by atoms with Crippen molar-refractivity contribution in [2.75, 3.05) is 26.2 Å². The third-order valence-corrected chi connectivity index (χ3v) is 5.60. The summed E-state index contributed by atoms with van der Waals surface area (Å²) in [5.74, 6) is 2.89. The van der Waals surface area contributed by atoms with E-state index >= 15 is 0 Å². The zero-order valence-corrected chi connectivity index (χ0v) is 12.1. The van der Waals surface area contributed by atoms with E-state index in [0.717, 1.165) is 31.3 Å². The number of piperidine rings is 1. The van der Waals surface area contributed by atoms with E-state index in [0.29, 0.717) is 11.8 Å². The predicted octanol–water partition coefficient (Wildman–Crippen LogP) is 2.41. The van der Waals surface area contributed by atoms with E-state index in [9.17, 15) is 4.79 Å². The van der Waals surface area contributed by atoms with Crippen LogP contribution >= 0.6 is 0 Å². The minimum Gasteiger partial charge on any atom is -0.343 e. The maximum Gasteiger partial charge on any atom is 0.222 e. The lowest BCUT2D eigenvalue weighted by Gasteiger charge is -2.35. The second kappa shape index (κ2) is 6.25. The summed E-state index contributed by atoms with van der Waals surface area (Å²) in [6, 6.07) is 0. The molecule has 0 spiro atoms. The van der Waals surface area contributed by atoms with Gasteiger partial charge >= 0.3 is 0 Å². The highest BCUT2D eigenvalue weighted by Crippen LogP contribution is 2.31. The quantitative estimate of drug-likeness (QED) is 0.849. The van der Waals surface area contributed by atoms with Gasteiger partial charge in [0.2, 0.25) is 5.91 Å². The van der Waals surface area contributed by atoms with Gasteiger partial charge in [0.1, 0.15) is 0 Å². The van der Waals surface area contributed by atoms with Gasteiger partial charge in [0.05, 0.1) is 0 Å². The number of carbonyl (C=O) groups excluding carboxylic acids is 1. The number of rotatable bonds is 3. The number of carbonyl (C=O) groups is 1. The topological polar surface area (TPSA) is 32.3 Å². The number of hydrogen-bond acceptors (Lipinski definition) is 2. The molecule has 0 aromatic carbocycles. The van der Waals surface area contributed by atoms with E-state index in [1.165, 1.54) is 58.0 Å². The Balaban J connectivity index is 1.42.